The highest BCUT2D eigenvalue weighted by molar-refractivity contribution is 7.20. The predicted octanol–water partition coefficient (Wildman–Crippen LogP) is 2.97. The Balaban J connectivity index is 1.79. The smallest absolute Gasteiger partial charge is 0.264 e. The van der Waals surface area contributed by atoms with Gasteiger partial charge in [-0.3, -0.25) is 14.2 Å². The monoisotopic (exact) mass is 345 g/mol. The molecule has 0 aliphatic carbocycles. The Bertz CT molecular complexity index is 867. The van der Waals surface area contributed by atoms with Gasteiger partial charge in [-0.25, -0.2) is 4.98 Å². The van der Waals surface area contributed by atoms with Crippen LogP contribution in [0.25, 0.3) is 10.2 Å². The van der Waals surface area contributed by atoms with Crippen LogP contribution in [0.3, 0.4) is 0 Å². The molecule has 1 amide bonds. The zero-order valence-corrected chi connectivity index (χ0v) is 15.1. The van der Waals surface area contributed by atoms with Crippen molar-refractivity contribution in [1.29, 1.82) is 0 Å². The molecule has 1 saturated heterocycles. The normalized spacial score (nSPS) is 21.1. The van der Waals surface area contributed by atoms with Gasteiger partial charge in [0, 0.05) is 26.1 Å². The van der Waals surface area contributed by atoms with Gasteiger partial charge < -0.3 is 4.90 Å². The molecule has 0 aromatic carbocycles. The van der Waals surface area contributed by atoms with E-state index in [1.807, 2.05) is 16.4 Å². The summed E-state index contributed by atoms with van der Waals surface area (Å²) in [7, 11) is 0. The maximum Gasteiger partial charge on any atom is 0.264 e. The second-order valence-electron chi connectivity index (χ2n) is 7.18. The topological polar surface area (TPSA) is 55.2 Å². The van der Waals surface area contributed by atoms with Crippen LogP contribution in [0.5, 0.6) is 0 Å². The number of likely N-dealkylation sites (tertiary alicyclic amines) is 1. The molecular weight excluding hydrogens is 322 g/mol. The molecule has 1 atom stereocenters. The number of fused-ring (bicyclic) bond motifs is 2. The van der Waals surface area contributed by atoms with Crippen molar-refractivity contribution >= 4 is 27.5 Å². The first-order chi connectivity index (χ1) is 11.6. The molecule has 5 nitrogen and oxygen atoms in total. The van der Waals surface area contributed by atoms with E-state index in [2.05, 4.69) is 6.92 Å². The highest BCUT2D eigenvalue weighted by atomic mass is 32.1. The zero-order chi connectivity index (χ0) is 16.8. The highest BCUT2D eigenvalue weighted by Crippen LogP contribution is 2.30. The number of piperidine rings is 1. The summed E-state index contributed by atoms with van der Waals surface area (Å²) in [6.45, 7) is 6.48. The van der Waals surface area contributed by atoms with E-state index in [4.69, 9.17) is 4.98 Å². The molecule has 2 aliphatic heterocycles. The van der Waals surface area contributed by atoms with Crippen LogP contribution >= 0.6 is 11.3 Å². The maximum absolute atomic E-state index is 13.0. The number of hydrogen-bond acceptors (Lipinski definition) is 4. The molecule has 2 aliphatic rings. The Morgan fingerprint density at radius 3 is 2.88 bits per heavy atom. The van der Waals surface area contributed by atoms with E-state index in [1.165, 1.54) is 17.8 Å². The van der Waals surface area contributed by atoms with Gasteiger partial charge in [-0.1, -0.05) is 6.92 Å². The molecule has 4 rings (SSSR count). The number of nitrogens with zero attached hydrogens (tertiary/aromatic N) is 3. The molecule has 0 radical (unpaired) electrons. The molecule has 0 N–H and O–H groups in total. The van der Waals surface area contributed by atoms with Gasteiger partial charge in [0.05, 0.1) is 10.3 Å². The summed E-state index contributed by atoms with van der Waals surface area (Å²) in [5, 5.41) is 0.652. The van der Waals surface area contributed by atoms with Crippen LogP contribution in [0.2, 0.25) is 0 Å². The Hall–Kier alpha value is -1.69. The van der Waals surface area contributed by atoms with Crippen LogP contribution in [0.1, 0.15) is 53.7 Å². The van der Waals surface area contributed by atoms with E-state index in [-0.39, 0.29) is 11.5 Å². The number of carbonyl (C=O) groups is 1. The number of aromatic nitrogens is 2. The fourth-order valence-corrected chi connectivity index (χ4v) is 5.11. The molecule has 4 heterocycles. The Morgan fingerprint density at radius 2 is 2.08 bits per heavy atom. The molecule has 0 saturated carbocycles. The summed E-state index contributed by atoms with van der Waals surface area (Å²) in [5.41, 5.74) is 0.853. The number of hydrogen-bond donors (Lipinski definition) is 0. The van der Waals surface area contributed by atoms with Gasteiger partial charge in [-0.15, -0.1) is 11.3 Å². The minimum Gasteiger partial charge on any atom is -0.338 e. The number of carbonyl (C=O) groups excluding carboxylic acids is 1. The summed E-state index contributed by atoms with van der Waals surface area (Å²) < 4.78 is 1.81. The number of rotatable bonds is 1. The van der Waals surface area contributed by atoms with Crippen LogP contribution in [-0.2, 0) is 13.0 Å². The van der Waals surface area contributed by atoms with Gasteiger partial charge in [-0.2, -0.15) is 0 Å². The quantitative estimate of drug-likeness (QED) is 0.798. The van der Waals surface area contributed by atoms with Crippen LogP contribution in [0, 0.1) is 12.8 Å². The molecule has 24 heavy (non-hydrogen) atoms. The first kappa shape index (κ1) is 15.8. The maximum atomic E-state index is 13.0. The van der Waals surface area contributed by atoms with Crippen molar-refractivity contribution in [3.05, 3.63) is 26.6 Å². The zero-order valence-electron chi connectivity index (χ0n) is 14.3. The van der Waals surface area contributed by atoms with Crippen molar-refractivity contribution in [2.24, 2.45) is 5.92 Å². The van der Waals surface area contributed by atoms with Crippen molar-refractivity contribution in [1.82, 2.24) is 14.5 Å². The lowest BCUT2D eigenvalue weighted by molar-refractivity contribution is 0.0687. The molecule has 0 spiro atoms. The summed E-state index contributed by atoms with van der Waals surface area (Å²) in [6, 6.07) is 0. The lowest BCUT2D eigenvalue weighted by Gasteiger charge is -2.30. The van der Waals surface area contributed by atoms with Gasteiger partial charge in [0.1, 0.15) is 10.7 Å². The molecule has 1 fully saturated rings. The minimum absolute atomic E-state index is 0.0366. The molecule has 0 unspecified atom stereocenters. The molecule has 128 valence electrons. The Morgan fingerprint density at radius 1 is 1.25 bits per heavy atom. The van der Waals surface area contributed by atoms with Crippen molar-refractivity contribution in [2.45, 2.75) is 52.5 Å². The van der Waals surface area contributed by atoms with Gasteiger partial charge in [-0.05, 0) is 44.1 Å². The molecule has 2 aromatic heterocycles. The van der Waals surface area contributed by atoms with Crippen LogP contribution in [-0.4, -0.2) is 33.4 Å². The fraction of sp³-hybridized carbons (Fsp3) is 0.611. The van der Waals surface area contributed by atoms with Crippen molar-refractivity contribution < 1.29 is 4.79 Å². The van der Waals surface area contributed by atoms with E-state index < -0.39 is 0 Å². The first-order valence-corrected chi connectivity index (χ1v) is 9.70. The van der Waals surface area contributed by atoms with Crippen LogP contribution in [0.15, 0.2) is 4.79 Å². The summed E-state index contributed by atoms with van der Waals surface area (Å²) in [5.74, 6) is 1.50. The standard InChI is InChI=1S/C18H23N3O2S/c1-11-6-5-8-20(10-11)18(23)15-12(2)14-16(24-15)19-13-7-3-4-9-21(13)17(14)22/h11H,3-10H2,1-2H3/t11-/m0/s1. The third-order valence-electron chi connectivity index (χ3n) is 5.30. The van der Waals surface area contributed by atoms with E-state index >= 15 is 0 Å². The van der Waals surface area contributed by atoms with Crippen molar-refractivity contribution in [3.63, 3.8) is 0 Å². The number of amides is 1. The largest absolute Gasteiger partial charge is 0.338 e. The van der Waals surface area contributed by atoms with Crippen LogP contribution < -0.4 is 5.56 Å². The Labute approximate surface area is 145 Å². The van der Waals surface area contributed by atoms with Crippen molar-refractivity contribution in [3.8, 4) is 0 Å². The predicted molar refractivity (Wildman–Crippen MR) is 95.9 cm³/mol. The fourth-order valence-electron chi connectivity index (χ4n) is 3.95. The molecular formula is C18H23N3O2S. The lowest BCUT2D eigenvalue weighted by Crippen LogP contribution is -2.39. The van der Waals surface area contributed by atoms with E-state index in [0.717, 1.165) is 61.5 Å². The molecule has 6 heteroatoms. The first-order valence-electron chi connectivity index (χ1n) is 8.88. The lowest BCUT2D eigenvalue weighted by atomic mass is 10.00. The van der Waals surface area contributed by atoms with E-state index in [9.17, 15) is 9.59 Å². The van der Waals surface area contributed by atoms with Gasteiger partial charge in [0.15, 0.2) is 0 Å². The van der Waals surface area contributed by atoms with E-state index in [0.29, 0.717) is 16.2 Å². The third kappa shape index (κ3) is 2.48. The van der Waals surface area contributed by atoms with E-state index in [1.54, 1.807) is 0 Å². The summed E-state index contributed by atoms with van der Waals surface area (Å²) >= 11 is 1.40. The average Bonchev–Trinajstić information content (AvgIpc) is 2.91. The SMILES string of the molecule is Cc1c(C(=O)N2CCC[C@H](C)C2)sc2nc3n(c(=O)c12)CCCC3. The number of aryl methyl sites for hydroxylation is 2. The summed E-state index contributed by atoms with van der Waals surface area (Å²) in [4.78, 5) is 33.9. The average molecular weight is 345 g/mol. The summed E-state index contributed by atoms with van der Waals surface area (Å²) in [6.07, 6.45) is 5.21. The van der Waals surface area contributed by atoms with Gasteiger partial charge in [0.25, 0.3) is 11.5 Å². The second kappa shape index (κ2) is 5.99. The van der Waals surface area contributed by atoms with Crippen LogP contribution in [0.4, 0.5) is 0 Å². The van der Waals surface area contributed by atoms with Gasteiger partial charge >= 0.3 is 0 Å². The molecule has 2 aromatic rings. The third-order valence-corrected chi connectivity index (χ3v) is 6.47. The Kier molecular flexibility index (Phi) is 3.95. The number of thiophene rings is 1. The van der Waals surface area contributed by atoms with Crippen molar-refractivity contribution in [2.75, 3.05) is 13.1 Å². The molecule has 0 bridgehead atoms. The minimum atomic E-state index is 0.0366. The highest BCUT2D eigenvalue weighted by Gasteiger charge is 2.27. The second-order valence-corrected chi connectivity index (χ2v) is 8.18. The van der Waals surface area contributed by atoms with Gasteiger partial charge in [0.2, 0.25) is 0 Å².